The number of hydrogen-bond acceptors (Lipinski definition) is 2. The second kappa shape index (κ2) is 4.59. The van der Waals surface area contributed by atoms with Crippen molar-refractivity contribution >= 4 is 23.2 Å². The van der Waals surface area contributed by atoms with Crippen molar-refractivity contribution in [2.24, 2.45) is 0 Å². The van der Waals surface area contributed by atoms with Gasteiger partial charge in [0.15, 0.2) is 0 Å². The zero-order chi connectivity index (χ0) is 13.4. The van der Waals surface area contributed by atoms with E-state index in [2.05, 4.69) is 5.32 Å². The lowest BCUT2D eigenvalue weighted by Gasteiger charge is -2.26. The first-order valence-electron chi connectivity index (χ1n) is 6.02. The van der Waals surface area contributed by atoms with Gasteiger partial charge in [0.25, 0.3) is 0 Å². The zero-order valence-corrected chi connectivity index (χ0v) is 10.8. The van der Waals surface area contributed by atoms with E-state index in [1.807, 2.05) is 30.3 Å². The molecule has 0 aromatic heterocycles. The smallest absolute Gasteiger partial charge is 0.225 e. The number of carbonyl (C=O) groups excluding carboxylic acids is 1. The minimum Gasteiger partial charge on any atom is -0.508 e. The number of carbonyl (C=O) groups is 1. The Hall–Kier alpha value is -2.00. The Bertz CT molecular complexity index is 637. The predicted molar refractivity (Wildman–Crippen MR) is 74.6 cm³/mol. The monoisotopic (exact) mass is 273 g/mol. The normalized spacial score (nSPS) is 17.7. The molecule has 1 aliphatic rings. The van der Waals surface area contributed by atoms with Crippen LogP contribution in [0.3, 0.4) is 0 Å². The first-order chi connectivity index (χ1) is 9.13. The van der Waals surface area contributed by atoms with Gasteiger partial charge in [-0.2, -0.15) is 0 Å². The molecule has 0 aliphatic carbocycles. The molecular weight excluding hydrogens is 262 g/mol. The van der Waals surface area contributed by atoms with Crippen molar-refractivity contribution < 1.29 is 9.90 Å². The Kier molecular flexibility index (Phi) is 2.91. The lowest BCUT2D eigenvalue weighted by molar-refractivity contribution is -0.116. The van der Waals surface area contributed by atoms with Gasteiger partial charge in [-0.05, 0) is 29.3 Å². The van der Waals surface area contributed by atoms with Gasteiger partial charge in [0.2, 0.25) is 5.91 Å². The summed E-state index contributed by atoms with van der Waals surface area (Å²) >= 11 is 5.89. The first-order valence-corrected chi connectivity index (χ1v) is 6.39. The van der Waals surface area contributed by atoms with Crippen LogP contribution in [0.15, 0.2) is 42.5 Å². The van der Waals surface area contributed by atoms with E-state index in [9.17, 15) is 9.90 Å². The van der Waals surface area contributed by atoms with Crippen molar-refractivity contribution in [1.29, 1.82) is 0 Å². The number of nitrogens with one attached hydrogen (secondary N) is 1. The van der Waals surface area contributed by atoms with E-state index in [4.69, 9.17) is 11.6 Å². The number of fused-ring (bicyclic) bond motifs is 1. The number of benzene rings is 2. The van der Waals surface area contributed by atoms with Crippen LogP contribution in [-0.4, -0.2) is 11.0 Å². The quantitative estimate of drug-likeness (QED) is 0.835. The Morgan fingerprint density at radius 3 is 2.63 bits per heavy atom. The average Bonchev–Trinajstić information content (AvgIpc) is 2.38. The highest BCUT2D eigenvalue weighted by Crippen LogP contribution is 2.38. The number of rotatable bonds is 1. The molecule has 2 N–H and O–H groups in total. The standard InChI is InChI=1S/C15H12ClNO2/c16-10-3-1-9(2-4-10)13-8-15(19)17-14-7-11(18)5-6-12(13)14/h1-7,13,18H,8H2,(H,17,19). The van der Waals surface area contributed by atoms with Gasteiger partial charge in [-0.3, -0.25) is 4.79 Å². The van der Waals surface area contributed by atoms with Crippen LogP contribution in [0.5, 0.6) is 5.75 Å². The summed E-state index contributed by atoms with van der Waals surface area (Å²) in [6.07, 6.45) is 0.402. The third-order valence-corrected chi connectivity index (χ3v) is 3.60. The van der Waals surface area contributed by atoms with Crippen molar-refractivity contribution in [2.75, 3.05) is 5.32 Å². The number of anilines is 1. The summed E-state index contributed by atoms with van der Waals surface area (Å²) in [6, 6.07) is 12.6. The molecule has 1 aliphatic heterocycles. The fourth-order valence-corrected chi connectivity index (χ4v) is 2.57. The molecule has 4 heteroatoms. The maximum absolute atomic E-state index is 11.8. The van der Waals surface area contributed by atoms with Gasteiger partial charge in [0.05, 0.1) is 0 Å². The van der Waals surface area contributed by atoms with E-state index in [0.29, 0.717) is 17.1 Å². The van der Waals surface area contributed by atoms with E-state index in [1.165, 1.54) is 0 Å². The van der Waals surface area contributed by atoms with E-state index >= 15 is 0 Å². The maximum Gasteiger partial charge on any atom is 0.225 e. The molecule has 0 spiro atoms. The van der Waals surface area contributed by atoms with Gasteiger partial charge in [0.1, 0.15) is 5.75 Å². The zero-order valence-electron chi connectivity index (χ0n) is 10.1. The van der Waals surface area contributed by atoms with E-state index < -0.39 is 0 Å². The lowest BCUT2D eigenvalue weighted by Crippen LogP contribution is -2.23. The number of amides is 1. The van der Waals surface area contributed by atoms with Gasteiger partial charge in [-0.1, -0.05) is 29.8 Å². The molecule has 2 aromatic carbocycles. The largest absolute Gasteiger partial charge is 0.508 e. The third kappa shape index (κ3) is 2.29. The van der Waals surface area contributed by atoms with Crippen LogP contribution < -0.4 is 5.32 Å². The van der Waals surface area contributed by atoms with Gasteiger partial charge in [-0.15, -0.1) is 0 Å². The lowest BCUT2D eigenvalue weighted by atomic mass is 9.85. The van der Waals surface area contributed by atoms with Crippen LogP contribution in [0.25, 0.3) is 0 Å². The Morgan fingerprint density at radius 1 is 1.16 bits per heavy atom. The second-order valence-electron chi connectivity index (χ2n) is 4.63. The van der Waals surface area contributed by atoms with Crippen molar-refractivity contribution in [2.45, 2.75) is 12.3 Å². The van der Waals surface area contributed by atoms with Crippen LogP contribution in [0, 0.1) is 0 Å². The summed E-state index contributed by atoms with van der Waals surface area (Å²) in [4.78, 5) is 11.8. The number of halogens is 1. The van der Waals surface area contributed by atoms with E-state index in [0.717, 1.165) is 11.1 Å². The van der Waals surface area contributed by atoms with E-state index in [1.54, 1.807) is 12.1 Å². The molecule has 2 aromatic rings. The van der Waals surface area contributed by atoms with Crippen LogP contribution in [0.4, 0.5) is 5.69 Å². The molecule has 0 saturated carbocycles. The molecule has 1 amide bonds. The van der Waals surface area contributed by atoms with Crippen molar-refractivity contribution in [1.82, 2.24) is 0 Å². The molecule has 0 fully saturated rings. The van der Waals surface area contributed by atoms with Gasteiger partial charge < -0.3 is 10.4 Å². The van der Waals surface area contributed by atoms with Crippen LogP contribution in [-0.2, 0) is 4.79 Å². The minimum absolute atomic E-state index is 0.00150. The Morgan fingerprint density at radius 2 is 1.89 bits per heavy atom. The molecule has 1 unspecified atom stereocenters. The summed E-state index contributed by atoms with van der Waals surface area (Å²) in [7, 11) is 0. The molecule has 3 nitrogen and oxygen atoms in total. The number of phenolic OH excluding ortho intramolecular Hbond substituents is 1. The Labute approximate surface area is 115 Å². The number of aromatic hydroxyl groups is 1. The molecule has 96 valence electrons. The van der Waals surface area contributed by atoms with Crippen molar-refractivity contribution in [3.05, 3.63) is 58.6 Å². The summed E-state index contributed by atoms with van der Waals surface area (Å²) in [5, 5.41) is 13.0. The average molecular weight is 274 g/mol. The molecule has 0 bridgehead atoms. The van der Waals surface area contributed by atoms with Crippen molar-refractivity contribution in [3.8, 4) is 5.75 Å². The molecule has 19 heavy (non-hydrogen) atoms. The highest BCUT2D eigenvalue weighted by atomic mass is 35.5. The number of hydrogen-bond donors (Lipinski definition) is 2. The summed E-state index contributed by atoms with van der Waals surface area (Å²) in [6.45, 7) is 0. The maximum atomic E-state index is 11.8. The van der Waals surface area contributed by atoms with Crippen LogP contribution in [0.2, 0.25) is 5.02 Å². The molecule has 1 heterocycles. The molecule has 0 saturated heterocycles. The van der Waals surface area contributed by atoms with Gasteiger partial charge >= 0.3 is 0 Å². The van der Waals surface area contributed by atoms with Gasteiger partial charge in [0, 0.05) is 29.1 Å². The topological polar surface area (TPSA) is 49.3 Å². The molecular formula is C15H12ClNO2. The van der Waals surface area contributed by atoms with Crippen molar-refractivity contribution in [3.63, 3.8) is 0 Å². The van der Waals surface area contributed by atoms with Crippen LogP contribution in [0.1, 0.15) is 23.5 Å². The second-order valence-corrected chi connectivity index (χ2v) is 5.06. The minimum atomic E-state index is -0.0435. The van der Waals surface area contributed by atoms with E-state index in [-0.39, 0.29) is 17.6 Å². The summed E-state index contributed by atoms with van der Waals surface area (Å²) in [5.41, 5.74) is 2.74. The molecule has 3 rings (SSSR count). The first kappa shape index (κ1) is 12.1. The number of phenols is 1. The summed E-state index contributed by atoms with van der Waals surface area (Å²) < 4.78 is 0. The Balaban J connectivity index is 2.08. The summed E-state index contributed by atoms with van der Waals surface area (Å²) in [5.74, 6) is 0.107. The highest BCUT2D eigenvalue weighted by Gasteiger charge is 2.26. The highest BCUT2D eigenvalue weighted by molar-refractivity contribution is 6.30. The third-order valence-electron chi connectivity index (χ3n) is 3.35. The molecule has 0 radical (unpaired) electrons. The predicted octanol–water partition coefficient (Wildman–Crippen LogP) is 3.52. The SMILES string of the molecule is O=C1CC(c2ccc(Cl)cc2)c2ccc(O)cc2N1. The molecule has 1 atom stereocenters. The fraction of sp³-hybridized carbons (Fsp3) is 0.133. The van der Waals surface area contributed by atoms with Gasteiger partial charge in [-0.25, -0.2) is 0 Å². The fourth-order valence-electron chi connectivity index (χ4n) is 2.45. The van der Waals surface area contributed by atoms with Crippen LogP contribution >= 0.6 is 11.6 Å².